The average Bonchev–Trinajstić information content (AvgIpc) is 3.56. The molecule has 0 bridgehead atoms. The lowest BCUT2D eigenvalue weighted by molar-refractivity contribution is -0.134. The van der Waals surface area contributed by atoms with Crippen LogP contribution in [-0.4, -0.2) is 80.7 Å². The van der Waals surface area contributed by atoms with Crippen LogP contribution in [-0.2, 0) is 9.59 Å². The molecule has 2 heterocycles. The molecule has 1 fully saturated rings. The first-order chi connectivity index (χ1) is 20.8. The molecular weight excluding hydrogens is 665 g/mol. The summed E-state index contributed by atoms with van der Waals surface area (Å²) in [6, 6.07) is 20.0. The molecule has 11 nitrogen and oxygen atoms in total. The van der Waals surface area contributed by atoms with E-state index in [0.717, 1.165) is 20.2 Å². The number of ether oxygens (including phenoxy) is 1. The number of aliphatic hydroxyl groups is 2. The van der Waals surface area contributed by atoms with E-state index in [0.29, 0.717) is 17.1 Å². The monoisotopic (exact) mass is 697 g/mol. The summed E-state index contributed by atoms with van der Waals surface area (Å²) >= 11 is 2.23. The van der Waals surface area contributed by atoms with Crippen LogP contribution in [0.25, 0.3) is 11.0 Å². The van der Waals surface area contributed by atoms with Gasteiger partial charge < -0.3 is 30.2 Å². The van der Waals surface area contributed by atoms with Gasteiger partial charge in [-0.1, -0.05) is 49.4 Å². The number of amides is 4. The standard InChI is InChI=1S/C31H32IN5O6/c1-19(20-5-3-2-4-6-20)28(29-33-24-12-9-22(32)17-25(24)34-29)37-30(41)27(35-31(37)42)21-7-10-23(11-8-21)43-18-26(40)36(13-15-38)14-16-39/h2-12,17,19,27-28,38-39H,13-16,18H2,1H3,(H,33,34)(H,35,42)/t19-,27-,28+/m1/s1. The van der Waals surface area contributed by atoms with Crippen molar-refractivity contribution < 1.29 is 29.3 Å². The molecule has 4 aromatic rings. The van der Waals surface area contributed by atoms with Crippen LogP contribution in [0.4, 0.5) is 4.79 Å². The Hall–Kier alpha value is -4.01. The lowest BCUT2D eigenvalue weighted by Crippen LogP contribution is -2.38. The van der Waals surface area contributed by atoms with Gasteiger partial charge in [0.05, 0.1) is 24.2 Å². The summed E-state index contributed by atoms with van der Waals surface area (Å²) in [5, 5.41) is 21.1. The van der Waals surface area contributed by atoms with Crippen LogP contribution < -0.4 is 10.1 Å². The number of H-pyrrole nitrogens is 1. The van der Waals surface area contributed by atoms with Crippen LogP contribution in [0, 0.1) is 3.57 Å². The number of benzene rings is 3. The van der Waals surface area contributed by atoms with Gasteiger partial charge in [0.1, 0.15) is 23.7 Å². The van der Waals surface area contributed by atoms with Gasteiger partial charge in [0.2, 0.25) is 0 Å². The Morgan fingerprint density at radius 2 is 1.74 bits per heavy atom. The van der Waals surface area contributed by atoms with Gasteiger partial charge in [-0.15, -0.1) is 0 Å². The van der Waals surface area contributed by atoms with Crippen LogP contribution in [0.15, 0.2) is 72.8 Å². The summed E-state index contributed by atoms with van der Waals surface area (Å²) in [5.41, 5.74) is 3.08. The Morgan fingerprint density at radius 1 is 1.05 bits per heavy atom. The second kappa shape index (κ2) is 13.5. The number of carbonyl (C=O) groups is 3. The van der Waals surface area contributed by atoms with Crippen molar-refractivity contribution in [2.24, 2.45) is 0 Å². The zero-order chi connectivity index (χ0) is 30.5. The molecule has 43 heavy (non-hydrogen) atoms. The quantitative estimate of drug-likeness (QED) is 0.131. The Labute approximate surface area is 262 Å². The third-order valence-electron chi connectivity index (χ3n) is 7.46. The van der Waals surface area contributed by atoms with Gasteiger partial charge in [-0.05, 0) is 64.0 Å². The van der Waals surface area contributed by atoms with Gasteiger partial charge in [0.25, 0.3) is 11.8 Å². The number of hydrogen-bond donors (Lipinski definition) is 4. The van der Waals surface area contributed by atoms with Gasteiger partial charge in [-0.2, -0.15) is 0 Å². The van der Waals surface area contributed by atoms with E-state index in [2.05, 4.69) is 32.9 Å². The number of nitrogens with zero attached hydrogens (tertiary/aromatic N) is 3. The minimum absolute atomic E-state index is 0.0961. The van der Waals surface area contributed by atoms with E-state index < -0.39 is 24.0 Å². The predicted molar refractivity (Wildman–Crippen MR) is 167 cm³/mol. The molecule has 1 aromatic heterocycles. The maximum absolute atomic E-state index is 13.9. The number of hydrogen-bond acceptors (Lipinski definition) is 7. The highest BCUT2D eigenvalue weighted by Crippen LogP contribution is 2.39. The number of imide groups is 1. The first-order valence-electron chi connectivity index (χ1n) is 13.9. The lowest BCUT2D eigenvalue weighted by atomic mass is 9.91. The predicted octanol–water partition coefficient (Wildman–Crippen LogP) is 3.50. The van der Waals surface area contributed by atoms with Crippen LogP contribution in [0.5, 0.6) is 5.75 Å². The van der Waals surface area contributed by atoms with E-state index in [1.807, 2.05) is 55.5 Å². The molecule has 3 atom stereocenters. The second-order valence-corrected chi connectivity index (χ2v) is 11.4. The molecule has 3 aromatic carbocycles. The highest BCUT2D eigenvalue weighted by atomic mass is 127. The summed E-state index contributed by atoms with van der Waals surface area (Å²) in [4.78, 5) is 50.4. The molecule has 4 N–H and O–H groups in total. The highest BCUT2D eigenvalue weighted by molar-refractivity contribution is 14.1. The first-order valence-corrected chi connectivity index (χ1v) is 14.9. The van der Waals surface area contributed by atoms with Crippen molar-refractivity contribution >= 4 is 51.5 Å². The number of urea groups is 1. The molecule has 5 rings (SSSR count). The SMILES string of the molecule is C[C@H](c1ccccc1)[C@@H](c1nc2ccc(I)cc2[nH]1)N1C(=O)N[C@H](c2ccc(OCC(=O)N(CCO)CCO)cc2)C1=O. The zero-order valence-corrected chi connectivity index (χ0v) is 25.6. The maximum atomic E-state index is 13.9. The molecule has 0 spiro atoms. The van der Waals surface area contributed by atoms with Crippen molar-refractivity contribution in [1.82, 2.24) is 25.1 Å². The van der Waals surface area contributed by atoms with Crippen LogP contribution in [0.1, 0.15) is 41.9 Å². The highest BCUT2D eigenvalue weighted by Gasteiger charge is 2.46. The van der Waals surface area contributed by atoms with E-state index in [1.54, 1.807) is 24.3 Å². The third kappa shape index (κ3) is 6.65. The molecule has 0 aliphatic carbocycles. The molecule has 0 unspecified atom stereocenters. The van der Waals surface area contributed by atoms with Crippen molar-refractivity contribution in [2.45, 2.75) is 24.9 Å². The Kier molecular flexibility index (Phi) is 9.58. The molecule has 224 valence electrons. The fourth-order valence-electron chi connectivity index (χ4n) is 5.24. The number of halogens is 1. The number of carbonyl (C=O) groups excluding carboxylic acids is 3. The Balaban J connectivity index is 1.37. The summed E-state index contributed by atoms with van der Waals surface area (Å²) in [5.74, 6) is -0.132. The van der Waals surface area contributed by atoms with Crippen molar-refractivity contribution in [3.8, 4) is 5.75 Å². The molecule has 0 saturated carbocycles. The van der Waals surface area contributed by atoms with E-state index >= 15 is 0 Å². The molecular formula is C31H32IN5O6. The number of aliphatic hydroxyl groups excluding tert-OH is 2. The van der Waals surface area contributed by atoms with Crippen LogP contribution in [0.3, 0.4) is 0 Å². The average molecular weight is 698 g/mol. The van der Waals surface area contributed by atoms with Crippen LogP contribution in [0.2, 0.25) is 0 Å². The lowest BCUT2D eigenvalue weighted by Gasteiger charge is -2.29. The van der Waals surface area contributed by atoms with Gasteiger partial charge in [-0.3, -0.25) is 14.5 Å². The van der Waals surface area contributed by atoms with Gasteiger partial charge >= 0.3 is 6.03 Å². The fraction of sp³-hybridized carbons (Fsp3) is 0.290. The van der Waals surface area contributed by atoms with Gasteiger partial charge in [0.15, 0.2) is 6.61 Å². The topological polar surface area (TPSA) is 148 Å². The van der Waals surface area contributed by atoms with E-state index in [-0.39, 0.29) is 44.7 Å². The van der Waals surface area contributed by atoms with Crippen molar-refractivity contribution in [3.05, 3.63) is 93.3 Å². The summed E-state index contributed by atoms with van der Waals surface area (Å²) in [6.07, 6.45) is 0. The smallest absolute Gasteiger partial charge is 0.325 e. The molecule has 12 heteroatoms. The van der Waals surface area contributed by atoms with Gasteiger partial charge in [-0.25, -0.2) is 9.78 Å². The number of nitrogens with one attached hydrogen (secondary N) is 2. The normalized spacial score (nSPS) is 16.3. The number of rotatable bonds is 12. The minimum Gasteiger partial charge on any atom is -0.484 e. The zero-order valence-electron chi connectivity index (χ0n) is 23.4. The minimum atomic E-state index is -0.913. The fourth-order valence-corrected chi connectivity index (χ4v) is 5.73. The van der Waals surface area contributed by atoms with Crippen LogP contribution >= 0.6 is 22.6 Å². The largest absolute Gasteiger partial charge is 0.484 e. The molecule has 1 aliphatic rings. The van der Waals surface area contributed by atoms with Gasteiger partial charge in [0, 0.05) is 22.6 Å². The summed E-state index contributed by atoms with van der Waals surface area (Å²) < 4.78 is 6.63. The molecule has 1 aliphatic heterocycles. The van der Waals surface area contributed by atoms with Crippen molar-refractivity contribution in [2.75, 3.05) is 32.9 Å². The Bertz CT molecular complexity index is 1590. The van der Waals surface area contributed by atoms with E-state index in [9.17, 15) is 14.4 Å². The summed E-state index contributed by atoms with van der Waals surface area (Å²) in [7, 11) is 0. The molecule has 1 saturated heterocycles. The number of imidazole rings is 1. The summed E-state index contributed by atoms with van der Waals surface area (Å²) in [6.45, 7) is 1.44. The molecule has 0 radical (unpaired) electrons. The Morgan fingerprint density at radius 3 is 2.42 bits per heavy atom. The maximum Gasteiger partial charge on any atom is 0.325 e. The number of aromatic nitrogens is 2. The van der Waals surface area contributed by atoms with E-state index in [1.165, 1.54) is 9.80 Å². The van der Waals surface area contributed by atoms with E-state index in [4.69, 9.17) is 19.9 Å². The number of aromatic amines is 1. The van der Waals surface area contributed by atoms with Crippen molar-refractivity contribution in [3.63, 3.8) is 0 Å². The third-order valence-corrected chi connectivity index (χ3v) is 8.13. The molecule has 4 amide bonds. The second-order valence-electron chi connectivity index (χ2n) is 10.2. The first kappa shape index (κ1) is 30.4. The number of fused-ring (bicyclic) bond motifs is 1. The van der Waals surface area contributed by atoms with Crippen molar-refractivity contribution in [1.29, 1.82) is 0 Å².